The second-order valence-electron chi connectivity index (χ2n) is 8.56. The molecule has 1 aromatic carbocycles. The van der Waals surface area contributed by atoms with Crippen molar-refractivity contribution in [1.82, 2.24) is 29.7 Å². The maximum absolute atomic E-state index is 14.6. The lowest BCUT2D eigenvalue weighted by atomic mass is 10.0. The molecule has 0 radical (unpaired) electrons. The molecular weight excluding hydrogens is 443 g/mol. The van der Waals surface area contributed by atoms with Gasteiger partial charge >= 0.3 is 0 Å². The summed E-state index contributed by atoms with van der Waals surface area (Å²) < 4.78 is 16.5. The van der Waals surface area contributed by atoms with Gasteiger partial charge < -0.3 is 15.1 Å². The summed E-state index contributed by atoms with van der Waals surface area (Å²) in [7, 11) is 2.13. The molecule has 4 heterocycles. The van der Waals surface area contributed by atoms with Crippen molar-refractivity contribution in [2.24, 2.45) is 0 Å². The van der Waals surface area contributed by atoms with Gasteiger partial charge in [-0.15, -0.1) is 0 Å². The zero-order chi connectivity index (χ0) is 23.1. The summed E-state index contributed by atoms with van der Waals surface area (Å²) in [6, 6.07) is 8.69. The Morgan fingerprint density at radius 1 is 1.09 bits per heavy atom. The van der Waals surface area contributed by atoms with Gasteiger partial charge in [0.25, 0.3) is 0 Å². The predicted octanol–water partition coefficient (Wildman–Crippen LogP) is 3.95. The van der Waals surface area contributed by atoms with E-state index in [1.165, 1.54) is 6.07 Å². The highest BCUT2D eigenvalue weighted by Crippen LogP contribution is 2.28. The number of H-pyrrole nitrogens is 1. The fourth-order valence-corrected chi connectivity index (χ4v) is 4.31. The smallest absolute Gasteiger partial charge is 0.163 e. The lowest BCUT2D eigenvalue weighted by Gasteiger charge is -2.34. The molecule has 5 rings (SSSR count). The van der Waals surface area contributed by atoms with Crippen LogP contribution < -0.4 is 10.2 Å². The number of piperazine rings is 1. The molecule has 0 spiro atoms. The Labute approximate surface area is 196 Å². The third-order valence-corrected chi connectivity index (χ3v) is 6.27. The summed E-state index contributed by atoms with van der Waals surface area (Å²) >= 11 is 5.95. The number of nitrogens with one attached hydrogen (secondary N) is 2. The molecule has 8 nitrogen and oxygen atoms in total. The predicted molar refractivity (Wildman–Crippen MR) is 128 cm³/mol. The molecule has 0 unspecified atom stereocenters. The monoisotopic (exact) mass is 468 g/mol. The molecule has 1 saturated heterocycles. The number of aryl methyl sites for hydroxylation is 2. The summed E-state index contributed by atoms with van der Waals surface area (Å²) in [4.78, 5) is 9.49. The van der Waals surface area contributed by atoms with Crippen LogP contribution in [0.4, 0.5) is 21.8 Å². The van der Waals surface area contributed by atoms with Crippen molar-refractivity contribution in [2.75, 3.05) is 43.4 Å². The quantitative estimate of drug-likeness (QED) is 0.462. The number of rotatable bonds is 5. The second kappa shape index (κ2) is 8.64. The Balaban J connectivity index is 1.61. The molecule has 4 aromatic rings. The van der Waals surface area contributed by atoms with E-state index >= 15 is 0 Å². The molecule has 1 aliphatic heterocycles. The van der Waals surface area contributed by atoms with Gasteiger partial charge in [-0.1, -0.05) is 17.7 Å². The number of fused-ring (bicyclic) bond motifs is 1. The van der Waals surface area contributed by atoms with E-state index in [-0.39, 0.29) is 5.82 Å². The van der Waals surface area contributed by atoms with Gasteiger partial charge in [-0.05, 0) is 38.6 Å². The minimum atomic E-state index is -0.332. The molecule has 0 saturated carbocycles. The number of likely N-dealkylation sites (N-methyl/N-ethyl adjacent to an activating group) is 1. The lowest BCUT2D eigenvalue weighted by Crippen LogP contribution is -2.45. The molecule has 1 fully saturated rings. The van der Waals surface area contributed by atoms with Gasteiger partial charge in [0.05, 0.1) is 5.69 Å². The first kappa shape index (κ1) is 21.7. The van der Waals surface area contributed by atoms with Crippen LogP contribution in [0.15, 0.2) is 30.3 Å². The van der Waals surface area contributed by atoms with Crippen molar-refractivity contribution >= 4 is 34.7 Å². The van der Waals surface area contributed by atoms with Gasteiger partial charge in [0.15, 0.2) is 11.5 Å². The maximum atomic E-state index is 14.6. The van der Waals surface area contributed by atoms with E-state index in [2.05, 4.69) is 32.4 Å². The molecule has 33 heavy (non-hydrogen) atoms. The summed E-state index contributed by atoms with van der Waals surface area (Å²) in [6.45, 7) is 7.59. The second-order valence-corrected chi connectivity index (χ2v) is 9.00. The van der Waals surface area contributed by atoms with E-state index < -0.39 is 0 Å². The molecule has 0 atom stereocenters. The average Bonchev–Trinajstić information content (AvgIpc) is 3.32. The number of hydrogen-bond acceptors (Lipinski definition) is 6. The number of anilines is 3. The van der Waals surface area contributed by atoms with Gasteiger partial charge in [0, 0.05) is 61.0 Å². The van der Waals surface area contributed by atoms with Crippen LogP contribution in [0.2, 0.25) is 5.02 Å². The summed E-state index contributed by atoms with van der Waals surface area (Å²) in [6.07, 6.45) is 0.373. The van der Waals surface area contributed by atoms with Crippen LogP contribution in [0.3, 0.4) is 0 Å². The van der Waals surface area contributed by atoms with Crippen molar-refractivity contribution in [2.45, 2.75) is 20.3 Å². The number of hydrogen-bond donors (Lipinski definition) is 2. The maximum Gasteiger partial charge on any atom is 0.163 e. The van der Waals surface area contributed by atoms with Crippen molar-refractivity contribution < 1.29 is 4.39 Å². The normalized spacial score (nSPS) is 14.9. The summed E-state index contributed by atoms with van der Waals surface area (Å²) in [5.74, 6) is 1.98. The molecule has 172 valence electrons. The largest absolute Gasteiger partial charge is 0.354 e. The molecule has 1 aliphatic rings. The fourth-order valence-electron chi connectivity index (χ4n) is 4.15. The van der Waals surface area contributed by atoms with E-state index in [1.54, 1.807) is 12.1 Å². The zero-order valence-corrected chi connectivity index (χ0v) is 19.6. The SMILES string of the molecule is Cc1cc(Nc2cc(N3CCN(C)CC3)n3nc(C)c(Cc4ccc(Cl)cc4F)c3n2)n[nH]1. The van der Waals surface area contributed by atoms with E-state index in [4.69, 9.17) is 21.7 Å². The molecule has 0 bridgehead atoms. The topological polar surface area (TPSA) is 77.4 Å². The summed E-state index contributed by atoms with van der Waals surface area (Å²) in [5.41, 5.74) is 3.92. The molecular formula is C23H26ClFN8. The van der Waals surface area contributed by atoms with E-state index in [9.17, 15) is 4.39 Å². The molecule has 0 amide bonds. The highest BCUT2D eigenvalue weighted by Gasteiger charge is 2.22. The van der Waals surface area contributed by atoms with Gasteiger partial charge in [0.2, 0.25) is 0 Å². The summed E-state index contributed by atoms with van der Waals surface area (Å²) in [5, 5.41) is 15.7. The number of nitrogens with zero attached hydrogens (tertiary/aromatic N) is 6. The standard InChI is InChI=1S/C23H26ClFN8/c1-14-10-21(29-28-14)26-20-13-22(32-8-6-31(3)7-9-32)33-23(27-20)18(15(2)30-33)11-16-4-5-17(24)12-19(16)25/h4-5,10,12-13H,6-9,11H2,1-3H3,(H2,26,27,28,29). The first-order valence-electron chi connectivity index (χ1n) is 10.9. The van der Waals surface area contributed by atoms with Crippen LogP contribution >= 0.6 is 11.6 Å². The van der Waals surface area contributed by atoms with Gasteiger partial charge in [-0.3, -0.25) is 5.10 Å². The zero-order valence-electron chi connectivity index (χ0n) is 18.9. The van der Waals surface area contributed by atoms with Crippen LogP contribution in [0.25, 0.3) is 5.65 Å². The molecule has 2 N–H and O–H groups in total. The highest BCUT2D eigenvalue weighted by atomic mass is 35.5. The molecule has 10 heteroatoms. The number of halogens is 2. The Kier molecular flexibility index (Phi) is 5.67. The van der Waals surface area contributed by atoms with Crippen LogP contribution in [-0.2, 0) is 6.42 Å². The Hall–Kier alpha value is -3.17. The van der Waals surface area contributed by atoms with Crippen molar-refractivity contribution in [1.29, 1.82) is 0 Å². The van der Waals surface area contributed by atoms with Crippen LogP contribution in [0.1, 0.15) is 22.5 Å². The molecule has 3 aromatic heterocycles. The third-order valence-electron chi connectivity index (χ3n) is 6.04. The minimum absolute atomic E-state index is 0.332. The van der Waals surface area contributed by atoms with Gasteiger partial charge in [-0.2, -0.15) is 14.7 Å². The van der Waals surface area contributed by atoms with Crippen molar-refractivity contribution in [3.63, 3.8) is 0 Å². The van der Waals surface area contributed by atoms with E-state index in [0.717, 1.165) is 48.9 Å². The number of benzene rings is 1. The Morgan fingerprint density at radius 2 is 1.88 bits per heavy atom. The third kappa shape index (κ3) is 4.38. The average molecular weight is 469 g/mol. The Bertz CT molecular complexity index is 1310. The van der Waals surface area contributed by atoms with Crippen LogP contribution in [0.5, 0.6) is 0 Å². The van der Waals surface area contributed by atoms with Crippen molar-refractivity contribution in [3.8, 4) is 0 Å². The first-order valence-corrected chi connectivity index (χ1v) is 11.3. The molecule has 0 aliphatic carbocycles. The fraction of sp³-hybridized carbons (Fsp3) is 0.348. The van der Waals surface area contributed by atoms with Crippen molar-refractivity contribution in [3.05, 3.63) is 63.7 Å². The van der Waals surface area contributed by atoms with Crippen LogP contribution in [-0.4, -0.2) is 62.9 Å². The minimum Gasteiger partial charge on any atom is -0.354 e. The van der Waals surface area contributed by atoms with Gasteiger partial charge in [0.1, 0.15) is 17.5 Å². The first-order chi connectivity index (χ1) is 15.9. The van der Waals surface area contributed by atoms with Crippen LogP contribution in [0, 0.1) is 19.7 Å². The van der Waals surface area contributed by atoms with E-state index in [1.807, 2.05) is 30.5 Å². The number of aromatic amines is 1. The van der Waals surface area contributed by atoms with E-state index in [0.29, 0.717) is 34.3 Å². The Morgan fingerprint density at radius 3 is 2.58 bits per heavy atom. The highest BCUT2D eigenvalue weighted by molar-refractivity contribution is 6.30. The lowest BCUT2D eigenvalue weighted by molar-refractivity contribution is 0.311. The van der Waals surface area contributed by atoms with Gasteiger partial charge in [-0.25, -0.2) is 9.37 Å². The number of aromatic nitrogens is 5.